The molecule has 0 spiro atoms. The van der Waals surface area contributed by atoms with Crippen LogP contribution in [0.25, 0.3) is 11.3 Å². The molecular weight excluding hydrogens is 461 g/mol. The van der Waals surface area contributed by atoms with Crippen molar-refractivity contribution in [2.45, 2.75) is 58.7 Å². The van der Waals surface area contributed by atoms with Gasteiger partial charge in [0.15, 0.2) is 0 Å². The van der Waals surface area contributed by atoms with E-state index in [4.69, 9.17) is 4.74 Å². The van der Waals surface area contributed by atoms with E-state index in [1.165, 1.54) is 6.07 Å². The second-order valence-corrected chi connectivity index (χ2v) is 9.18. The van der Waals surface area contributed by atoms with Crippen molar-refractivity contribution in [3.8, 4) is 17.0 Å². The van der Waals surface area contributed by atoms with Gasteiger partial charge in [-0.1, -0.05) is 6.92 Å². The summed E-state index contributed by atoms with van der Waals surface area (Å²) < 4.78 is 43.7. The quantitative estimate of drug-likeness (QED) is 0.473. The van der Waals surface area contributed by atoms with Gasteiger partial charge in [-0.15, -0.1) is 10.2 Å². The Morgan fingerprint density at radius 2 is 2.09 bits per heavy atom. The van der Waals surface area contributed by atoms with E-state index in [9.17, 15) is 23.1 Å². The van der Waals surface area contributed by atoms with Crippen LogP contribution in [0.1, 0.15) is 50.7 Å². The number of aromatic nitrogens is 2. The lowest BCUT2D eigenvalue weighted by molar-refractivity contribution is -0.143. The summed E-state index contributed by atoms with van der Waals surface area (Å²) in [7, 11) is 0. The summed E-state index contributed by atoms with van der Waals surface area (Å²) in [4.78, 5) is 14.0. The van der Waals surface area contributed by atoms with E-state index in [2.05, 4.69) is 27.3 Å². The fourth-order valence-electron chi connectivity index (χ4n) is 4.41. The first-order valence-electron chi connectivity index (χ1n) is 12.0. The number of nitrogens with one attached hydrogen (secondary N) is 1. The standard InChI is InChI=1S/C25H33F3N4O3/c1-4-35-23(34)10-7-16(2)14-32-11-5-6-19(15-32)29-22-12-17(3)24(31-30-22)20-9-8-18(13-21(20)33)25(26,27)28/h8-9,12-13,16,19,33H,4-7,10-11,14-15H2,1-3H3,(H,29,30). The van der Waals surface area contributed by atoms with Gasteiger partial charge in [-0.25, -0.2) is 0 Å². The van der Waals surface area contributed by atoms with Crippen molar-refractivity contribution in [2.75, 3.05) is 31.6 Å². The highest BCUT2D eigenvalue weighted by Crippen LogP contribution is 2.36. The Morgan fingerprint density at radius 3 is 2.74 bits per heavy atom. The number of alkyl halides is 3. The summed E-state index contributed by atoms with van der Waals surface area (Å²) in [6, 6.07) is 4.81. The van der Waals surface area contributed by atoms with Gasteiger partial charge >= 0.3 is 12.1 Å². The molecule has 1 aliphatic heterocycles. The van der Waals surface area contributed by atoms with E-state index >= 15 is 0 Å². The van der Waals surface area contributed by atoms with Gasteiger partial charge in [0, 0.05) is 31.1 Å². The molecule has 0 saturated carbocycles. The van der Waals surface area contributed by atoms with Crippen LogP contribution in [0.3, 0.4) is 0 Å². The molecule has 2 heterocycles. The van der Waals surface area contributed by atoms with Crippen LogP contribution < -0.4 is 5.32 Å². The van der Waals surface area contributed by atoms with Gasteiger partial charge in [0.1, 0.15) is 11.6 Å². The zero-order chi connectivity index (χ0) is 25.6. The van der Waals surface area contributed by atoms with Crippen LogP contribution in [0.15, 0.2) is 24.3 Å². The predicted octanol–water partition coefficient (Wildman–Crippen LogP) is 5.03. The number of ether oxygens (including phenoxy) is 1. The predicted molar refractivity (Wildman–Crippen MR) is 127 cm³/mol. The maximum absolute atomic E-state index is 12.9. The first kappa shape index (κ1) is 26.7. The van der Waals surface area contributed by atoms with Gasteiger partial charge in [-0.2, -0.15) is 13.2 Å². The van der Waals surface area contributed by atoms with Gasteiger partial charge in [0.25, 0.3) is 0 Å². The van der Waals surface area contributed by atoms with Gasteiger partial charge in [0.05, 0.1) is 17.9 Å². The maximum atomic E-state index is 12.9. The van der Waals surface area contributed by atoms with E-state index in [-0.39, 0.29) is 17.6 Å². The third kappa shape index (κ3) is 7.55. The number of carbonyl (C=O) groups excluding carboxylic acids is 1. The Balaban J connectivity index is 1.59. The minimum Gasteiger partial charge on any atom is -0.507 e. The van der Waals surface area contributed by atoms with Crippen LogP contribution in [-0.2, 0) is 15.7 Å². The van der Waals surface area contributed by atoms with Crippen molar-refractivity contribution in [3.63, 3.8) is 0 Å². The van der Waals surface area contributed by atoms with Crippen LogP contribution in [0, 0.1) is 12.8 Å². The largest absolute Gasteiger partial charge is 0.507 e. The average molecular weight is 495 g/mol. The monoisotopic (exact) mass is 494 g/mol. The topological polar surface area (TPSA) is 87.6 Å². The number of carbonyl (C=O) groups is 1. The molecule has 35 heavy (non-hydrogen) atoms. The maximum Gasteiger partial charge on any atom is 0.416 e. The Hall–Kier alpha value is -2.88. The normalized spacial score (nSPS) is 17.7. The molecule has 192 valence electrons. The lowest BCUT2D eigenvalue weighted by Crippen LogP contribution is -2.44. The molecule has 2 unspecified atom stereocenters. The van der Waals surface area contributed by atoms with Crippen LogP contribution >= 0.6 is 0 Å². The Morgan fingerprint density at radius 1 is 1.31 bits per heavy atom. The van der Waals surface area contributed by atoms with E-state index < -0.39 is 17.5 Å². The first-order chi connectivity index (χ1) is 16.6. The summed E-state index contributed by atoms with van der Waals surface area (Å²) in [5, 5.41) is 21.9. The van der Waals surface area contributed by atoms with Crippen LogP contribution in [0.4, 0.5) is 19.0 Å². The number of phenolic OH excluding ortho intramolecular Hbond substituents is 1. The lowest BCUT2D eigenvalue weighted by Gasteiger charge is -2.34. The summed E-state index contributed by atoms with van der Waals surface area (Å²) in [5.74, 6) is 0.313. The van der Waals surface area contributed by atoms with Gasteiger partial charge in [0.2, 0.25) is 0 Å². The molecular formula is C25H33F3N4O3. The molecule has 1 aromatic carbocycles. The third-order valence-corrected chi connectivity index (χ3v) is 6.14. The fraction of sp³-hybridized carbons (Fsp3) is 0.560. The highest BCUT2D eigenvalue weighted by atomic mass is 19.4. The number of esters is 1. The average Bonchev–Trinajstić information content (AvgIpc) is 2.78. The molecule has 1 saturated heterocycles. The summed E-state index contributed by atoms with van der Waals surface area (Å²) >= 11 is 0. The molecule has 10 heteroatoms. The highest BCUT2D eigenvalue weighted by Gasteiger charge is 2.31. The van der Waals surface area contributed by atoms with Crippen molar-refractivity contribution in [2.24, 2.45) is 5.92 Å². The molecule has 0 radical (unpaired) electrons. The van der Waals surface area contributed by atoms with Crippen LogP contribution in [-0.4, -0.2) is 58.5 Å². The molecule has 3 rings (SSSR count). The Labute approximate surface area is 203 Å². The number of anilines is 1. The third-order valence-electron chi connectivity index (χ3n) is 6.14. The molecule has 0 aliphatic carbocycles. The van der Waals surface area contributed by atoms with E-state index in [1.54, 1.807) is 19.9 Å². The minimum absolute atomic E-state index is 0.153. The van der Waals surface area contributed by atoms with Crippen LogP contribution in [0.5, 0.6) is 5.75 Å². The van der Waals surface area contributed by atoms with Crippen molar-refractivity contribution < 1.29 is 27.8 Å². The summed E-state index contributed by atoms with van der Waals surface area (Å²) in [6.45, 7) is 8.87. The lowest BCUT2D eigenvalue weighted by atomic mass is 10.0. The molecule has 1 aliphatic rings. The number of hydrogen-bond acceptors (Lipinski definition) is 7. The number of benzene rings is 1. The summed E-state index contributed by atoms with van der Waals surface area (Å²) in [6.07, 6.45) is -1.30. The number of halogens is 3. The molecule has 0 amide bonds. The Kier molecular flexibility index (Phi) is 8.93. The number of hydrogen-bond donors (Lipinski definition) is 2. The zero-order valence-electron chi connectivity index (χ0n) is 20.4. The SMILES string of the molecule is CCOC(=O)CCC(C)CN1CCCC(Nc2cc(C)c(-c3ccc(C(F)(F)F)cc3O)nn2)C1. The van der Waals surface area contributed by atoms with Gasteiger partial charge in [-0.05, 0) is 75.4 Å². The number of piperidine rings is 1. The van der Waals surface area contributed by atoms with Crippen molar-refractivity contribution >= 4 is 11.8 Å². The molecule has 2 aromatic rings. The molecule has 0 bridgehead atoms. The smallest absolute Gasteiger partial charge is 0.416 e. The van der Waals surface area contributed by atoms with Crippen molar-refractivity contribution in [1.29, 1.82) is 0 Å². The molecule has 1 fully saturated rings. The molecule has 1 aromatic heterocycles. The van der Waals surface area contributed by atoms with E-state index in [0.29, 0.717) is 42.1 Å². The number of likely N-dealkylation sites (tertiary alicyclic amines) is 1. The number of rotatable bonds is 9. The number of phenols is 1. The highest BCUT2D eigenvalue weighted by molar-refractivity contribution is 5.70. The second kappa shape index (κ2) is 11.7. The van der Waals surface area contributed by atoms with Gasteiger partial charge in [-0.3, -0.25) is 4.79 Å². The second-order valence-electron chi connectivity index (χ2n) is 9.18. The van der Waals surface area contributed by atoms with Gasteiger partial charge < -0.3 is 20.1 Å². The molecule has 2 N–H and O–H groups in total. The summed E-state index contributed by atoms with van der Waals surface area (Å²) in [5.41, 5.74) is 0.315. The van der Waals surface area contributed by atoms with Crippen molar-refractivity contribution in [3.05, 3.63) is 35.4 Å². The first-order valence-corrected chi connectivity index (χ1v) is 12.0. The van der Waals surface area contributed by atoms with E-state index in [1.807, 2.05) is 0 Å². The van der Waals surface area contributed by atoms with E-state index in [0.717, 1.165) is 45.0 Å². The number of nitrogens with zero attached hydrogens (tertiary/aromatic N) is 3. The van der Waals surface area contributed by atoms with Crippen LogP contribution in [0.2, 0.25) is 0 Å². The zero-order valence-corrected chi connectivity index (χ0v) is 20.4. The van der Waals surface area contributed by atoms with Crippen molar-refractivity contribution in [1.82, 2.24) is 15.1 Å². The minimum atomic E-state index is -4.53. The fourth-order valence-corrected chi connectivity index (χ4v) is 4.41. The number of aryl methyl sites for hydroxylation is 1. The Bertz CT molecular complexity index is 1020. The number of aromatic hydroxyl groups is 1. The molecule has 2 atom stereocenters. The molecule has 7 nitrogen and oxygen atoms in total.